The van der Waals surface area contributed by atoms with Gasteiger partial charge in [-0.3, -0.25) is 4.90 Å². The Kier molecular flexibility index (Phi) is 4.79. The average Bonchev–Trinajstić information content (AvgIpc) is 2.96. The summed E-state index contributed by atoms with van der Waals surface area (Å²) < 4.78 is 10.7. The van der Waals surface area contributed by atoms with E-state index < -0.39 is 0 Å². The molecule has 0 spiro atoms. The monoisotopic (exact) mass is 314 g/mol. The van der Waals surface area contributed by atoms with E-state index >= 15 is 0 Å². The van der Waals surface area contributed by atoms with E-state index in [1.807, 2.05) is 30.3 Å². The minimum atomic E-state index is -0.325. The van der Waals surface area contributed by atoms with Gasteiger partial charge in [-0.25, -0.2) is 4.98 Å². The van der Waals surface area contributed by atoms with Gasteiger partial charge in [0.15, 0.2) is 0 Å². The van der Waals surface area contributed by atoms with Crippen molar-refractivity contribution in [2.24, 2.45) is 0 Å². The topological polar surface area (TPSA) is 54.8 Å². The molecule has 23 heavy (non-hydrogen) atoms. The molecule has 0 unspecified atom stereocenters. The summed E-state index contributed by atoms with van der Waals surface area (Å²) >= 11 is 0. The van der Waals surface area contributed by atoms with Crippen LogP contribution in [-0.4, -0.2) is 41.9 Å². The molecule has 1 N–H and O–H groups in total. The first-order valence-corrected chi connectivity index (χ1v) is 7.75. The van der Waals surface area contributed by atoms with Crippen molar-refractivity contribution in [1.29, 1.82) is 0 Å². The van der Waals surface area contributed by atoms with Gasteiger partial charge in [0.1, 0.15) is 5.75 Å². The van der Waals surface area contributed by atoms with Crippen molar-refractivity contribution < 1.29 is 14.6 Å². The summed E-state index contributed by atoms with van der Waals surface area (Å²) in [4.78, 5) is 6.51. The molecule has 5 nitrogen and oxygen atoms in total. The van der Waals surface area contributed by atoms with Crippen molar-refractivity contribution in [3.05, 3.63) is 53.7 Å². The second kappa shape index (κ2) is 6.98. The first-order valence-electron chi connectivity index (χ1n) is 7.75. The SMILES string of the molecule is COc1cccc([C@H]2C[C@@H](O)CN2Cc2cccnc2OC)c1. The summed E-state index contributed by atoms with van der Waals surface area (Å²) in [6, 6.07) is 12.1. The number of nitrogens with zero attached hydrogens (tertiary/aromatic N) is 2. The van der Waals surface area contributed by atoms with Gasteiger partial charge in [0, 0.05) is 30.9 Å². The molecule has 5 heteroatoms. The van der Waals surface area contributed by atoms with Crippen molar-refractivity contribution in [2.45, 2.75) is 25.1 Å². The van der Waals surface area contributed by atoms with Crippen LogP contribution >= 0.6 is 0 Å². The van der Waals surface area contributed by atoms with Gasteiger partial charge in [0.05, 0.1) is 20.3 Å². The first kappa shape index (κ1) is 15.8. The number of ether oxygens (including phenoxy) is 2. The van der Waals surface area contributed by atoms with E-state index in [9.17, 15) is 5.11 Å². The van der Waals surface area contributed by atoms with E-state index in [1.54, 1.807) is 20.4 Å². The number of likely N-dealkylation sites (tertiary alicyclic amines) is 1. The molecular formula is C18H22N2O3. The van der Waals surface area contributed by atoms with Gasteiger partial charge >= 0.3 is 0 Å². The number of aromatic nitrogens is 1. The smallest absolute Gasteiger partial charge is 0.217 e. The fourth-order valence-electron chi connectivity index (χ4n) is 3.20. The molecule has 0 bridgehead atoms. The Labute approximate surface area is 136 Å². The van der Waals surface area contributed by atoms with E-state index in [4.69, 9.17) is 9.47 Å². The summed E-state index contributed by atoms with van der Waals surface area (Å²) in [5.74, 6) is 1.47. The predicted molar refractivity (Wildman–Crippen MR) is 87.6 cm³/mol. The molecule has 1 aromatic carbocycles. The molecule has 1 aliphatic rings. The van der Waals surface area contributed by atoms with Crippen LogP contribution in [-0.2, 0) is 6.54 Å². The van der Waals surface area contributed by atoms with Crippen molar-refractivity contribution in [3.8, 4) is 11.6 Å². The molecule has 2 atom stereocenters. The highest BCUT2D eigenvalue weighted by atomic mass is 16.5. The summed E-state index contributed by atoms with van der Waals surface area (Å²) in [6.45, 7) is 1.33. The molecule has 1 aromatic heterocycles. The molecule has 0 amide bonds. The Morgan fingerprint density at radius 2 is 2.09 bits per heavy atom. The van der Waals surface area contributed by atoms with Crippen molar-refractivity contribution in [2.75, 3.05) is 20.8 Å². The molecule has 122 valence electrons. The highest BCUT2D eigenvalue weighted by Gasteiger charge is 2.32. The van der Waals surface area contributed by atoms with Gasteiger partial charge < -0.3 is 14.6 Å². The van der Waals surface area contributed by atoms with Crippen LogP contribution in [0.1, 0.15) is 23.6 Å². The molecular weight excluding hydrogens is 292 g/mol. The summed E-state index contributed by atoms with van der Waals surface area (Å²) in [5, 5.41) is 10.1. The Morgan fingerprint density at radius 3 is 2.87 bits per heavy atom. The third-order valence-corrected chi connectivity index (χ3v) is 4.28. The number of pyridine rings is 1. The van der Waals surface area contributed by atoms with Crippen LogP contribution in [0.15, 0.2) is 42.6 Å². The lowest BCUT2D eigenvalue weighted by atomic mass is 10.0. The second-order valence-electron chi connectivity index (χ2n) is 5.78. The number of methoxy groups -OCH3 is 2. The molecule has 2 heterocycles. The fourth-order valence-corrected chi connectivity index (χ4v) is 3.20. The van der Waals surface area contributed by atoms with Gasteiger partial charge in [0.25, 0.3) is 0 Å². The lowest BCUT2D eigenvalue weighted by molar-refractivity contribution is 0.172. The Balaban J connectivity index is 1.84. The van der Waals surface area contributed by atoms with Crippen LogP contribution in [0.2, 0.25) is 0 Å². The number of hydrogen-bond acceptors (Lipinski definition) is 5. The quantitative estimate of drug-likeness (QED) is 0.918. The van der Waals surface area contributed by atoms with E-state index in [1.165, 1.54) is 0 Å². The normalized spacial score (nSPS) is 21.3. The molecule has 1 aliphatic heterocycles. The summed E-state index contributed by atoms with van der Waals surface area (Å²) in [7, 11) is 3.30. The second-order valence-corrected chi connectivity index (χ2v) is 5.78. The zero-order chi connectivity index (χ0) is 16.2. The summed E-state index contributed by atoms with van der Waals surface area (Å²) in [5.41, 5.74) is 2.18. The minimum absolute atomic E-state index is 0.157. The Morgan fingerprint density at radius 1 is 1.22 bits per heavy atom. The van der Waals surface area contributed by atoms with E-state index in [0.717, 1.165) is 23.3 Å². The number of β-amino-alcohol motifs (C(OH)–C–C–N with tert-alkyl or cyclic N) is 1. The van der Waals surface area contributed by atoms with Crippen molar-refractivity contribution in [3.63, 3.8) is 0 Å². The molecule has 1 fully saturated rings. The minimum Gasteiger partial charge on any atom is -0.497 e. The zero-order valence-corrected chi connectivity index (χ0v) is 13.5. The van der Waals surface area contributed by atoms with Crippen LogP contribution < -0.4 is 9.47 Å². The fraction of sp³-hybridized carbons (Fsp3) is 0.389. The highest BCUT2D eigenvalue weighted by Crippen LogP contribution is 2.35. The predicted octanol–water partition coefficient (Wildman–Crippen LogP) is 2.41. The van der Waals surface area contributed by atoms with E-state index in [0.29, 0.717) is 19.0 Å². The maximum Gasteiger partial charge on any atom is 0.217 e. The summed E-state index contributed by atoms with van der Waals surface area (Å²) in [6.07, 6.45) is 2.12. The number of aliphatic hydroxyl groups is 1. The molecule has 0 aliphatic carbocycles. The van der Waals surface area contributed by atoms with Gasteiger partial charge in [-0.05, 0) is 30.2 Å². The standard InChI is InChI=1S/C18H22N2O3/c1-22-16-7-3-5-13(9-16)17-10-15(21)12-20(17)11-14-6-4-8-19-18(14)23-2/h3-9,15,17,21H,10-12H2,1-2H3/t15-,17-/m1/s1. The number of hydrogen-bond donors (Lipinski definition) is 1. The Bertz CT molecular complexity index is 662. The highest BCUT2D eigenvalue weighted by molar-refractivity contribution is 5.32. The van der Waals surface area contributed by atoms with Gasteiger partial charge in [-0.2, -0.15) is 0 Å². The van der Waals surface area contributed by atoms with Crippen LogP contribution in [0.4, 0.5) is 0 Å². The maximum absolute atomic E-state index is 10.1. The zero-order valence-electron chi connectivity index (χ0n) is 13.5. The number of benzene rings is 1. The van der Waals surface area contributed by atoms with Gasteiger partial charge in [-0.1, -0.05) is 18.2 Å². The number of aliphatic hydroxyl groups excluding tert-OH is 1. The molecule has 3 rings (SSSR count). The average molecular weight is 314 g/mol. The lowest BCUT2D eigenvalue weighted by Crippen LogP contribution is -2.24. The van der Waals surface area contributed by atoms with E-state index in [-0.39, 0.29) is 12.1 Å². The van der Waals surface area contributed by atoms with Gasteiger partial charge in [-0.15, -0.1) is 0 Å². The largest absolute Gasteiger partial charge is 0.497 e. The lowest BCUT2D eigenvalue weighted by Gasteiger charge is -2.25. The first-order chi connectivity index (χ1) is 11.2. The van der Waals surface area contributed by atoms with Crippen LogP contribution in [0.3, 0.4) is 0 Å². The third-order valence-electron chi connectivity index (χ3n) is 4.28. The molecule has 0 saturated carbocycles. The maximum atomic E-state index is 10.1. The van der Waals surface area contributed by atoms with Crippen molar-refractivity contribution in [1.82, 2.24) is 9.88 Å². The van der Waals surface area contributed by atoms with E-state index in [2.05, 4.69) is 16.0 Å². The Hall–Kier alpha value is -2.11. The van der Waals surface area contributed by atoms with Gasteiger partial charge in [0.2, 0.25) is 5.88 Å². The van der Waals surface area contributed by atoms with Crippen LogP contribution in [0, 0.1) is 0 Å². The molecule has 2 aromatic rings. The van der Waals surface area contributed by atoms with Crippen molar-refractivity contribution >= 4 is 0 Å². The van der Waals surface area contributed by atoms with Crippen LogP contribution in [0.25, 0.3) is 0 Å². The molecule has 1 saturated heterocycles. The molecule has 0 radical (unpaired) electrons. The number of rotatable bonds is 5. The van der Waals surface area contributed by atoms with Crippen LogP contribution in [0.5, 0.6) is 11.6 Å². The third kappa shape index (κ3) is 3.46.